The van der Waals surface area contributed by atoms with Crippen LogP contribution in [-0.4, -0.2) is 31.0 Å². The van der Waals surface area contributed by atoms with E-state index < -0.39 is 5.97 Å². The summed E-state index contributed by atoms with van der Waals surface area (Å²) in [4.78, 5) is 27.5. The molecule has 2 rings (SSSR count). The van der Waals surface area contributed by atoms with E-state index in [-0.39, 0.29) is 5.56 Å². The quantitative estimate of drug-likeness (QED) is 0.880. The molecule has 0 bridgehead atoms. The highest BCUT2D eigenvalue weighted by Crippen LogP contribution is 2.14. The van der Waals surface area contributed by atoms with Crippen molar-refractivity contribution in [3.63, 3.8) is 0 Å². The first kappa shape index (κ1) is 12.1. The lowest BCUT2D eigenvalue weighted by atomic mass is 10.2. The molecule has 2 aromatic heterocycles. The number of aromatic carboxylic acids is 1. The van der Waals surface area contributed by atoms with E-state index in [4.69, 9.17) is 5.11 Å². The Bertz CT molecular complexity index is 598. The van der Waals surface area contributed by atoms with Gasteiger partial charge in [-0.3, -0.25) is 0 Å². The van der Waals surface area contributed by atoms with Crippen LogP contribution in [0.3, 0.4) is 0 Å². The van der Waals surface area contributed by atoms with Gasteiger partial charge in [-0.15, -0.1) is 0 Å². The fourth-order valence-corrected chi connectivity index (χ4v) is 1.57. The number of carbonyl (C=O) groups is 1. The van der Waals surface area contributed by atoms with E-state index in [1.165, 1.54) is 6.20 Å². The predicted octanol–water partition coefficient (Wildman–Crippen LogP) is 1.50. The number of rotatable bonds is 3. The summed E-state index contributed by atoms with van der Waals surface area (Å²) in [6, 6.07) is 1.70. The van der Waals surface area contributed by atoms with Crippen molar-refractivity contribution in [2.75, 3.05) is 0 Å². The van der Waals surface area contributed by atoms with Crippen molar-refractivity contribution in [2.24, 2.45) is 0 Å². The lowest BCUT2D eigenvalue weighted by molar-refractivity contribution is 0.0694. The third kappa shape index (κ3) is 2.32. The molecule has 0 aromatic carbocycles. The van der Waals surface area contributed by atoms with Crippen LogP contribution in [0.25, 0.3) is 11.5 Å². The van der Waals surface area contributed by atoms with Gasteiger partial charge < -0.3 is 5.11 Å². The highest BCUT2D eigenvalue weighted by atomic mass is 16.4. The third-order valence-electron chi connectivity index (χ3n) is 2.44. The SMILES string of the molecule is CCc1nc(-c2ccnc(C)n2)ncc1C(=O)O. The predicted molar refractivity (Wildman–Crippen MR) is 64.1 cm³/mol. The second-order valence-electron chi connectivity index (χ2n) is 3.70. The van der Waals surface area contributed by atoms with Gasteiger partial charge in [-0.2, -0.15) is 0 Å². The molecule has 0 unspecified atom stereocenters. The zero-order valence-corrected chi connectivity index (χ0v) is 10.1. The summed E-state index contributed by atoms with van der Waals surface area (Å²) in [5.41, 5.74) is 1.23. The molecular formula is C12H12N4O2. The second kappa shape index (κ2) is 4.87. The van der Waals surface area contributed by atoms with E-state index >= 15 is 0 Å². The van der Waals surface area contributed by atoms with Gasteiger partial charge in [0.1, 0.15) is 11.5 Å². The van der Waals surface area contributed by atoms with Crippen molar-refractivity contribution in [1.82, 2.24) is 19.9 Å². The zero-order valence-electron chi connectivity index (χ0n) is 10.1. The van der Waals surface area contributed by atoms with Gasteiger partial charge in [0.15, 0.2) is 5.82 Å². The number of carboxylic acids is 1. The van der Waals surface area contributed by atoms with E-state index in [0.717, 1.165) is 0 Å². The highest BCUT2D eigenvalue weighted by molar-refractivity contribution is 5.88. The normalized spacial score (nSPS) is 10.3. The Balaban J connectivity index is 2.51. The minimum Gasteiger partial charge on any atom is -0.478 e. The largest absolute Gasteiger partial charge is 0.478 e. The molecule has 0 amide bonds. The lowest BCUT2D eigenvalue weighted by Gasteiger charge is -2.05. The maximum atomic E-state index is 11.0. The van der Waals surface area contributed by atoms with Crippen LogP contribution >= 0.6 is 0 Å². The molecule has 2 aromatic rings. The maximum absolute atomic E-state index is 11.0. The van der Waals surface area contributed by atoms with Gasteiger partial charge in [0.2, 0.25) is 0 Å². The molecule has 18 heavy (non-hydrogen) atoms. The molecule has 92 valence electrons. The van der Waals surface area contributed by atoms with Gasteiger partial charge in [-0.25, -0.2) is 24.7 Å². The van der Waals surface area contributed by atoms with E-state index in [2.05, 4.69) is 19.9 Å². The Labute approximate surface area is 104 Å². The molecule has 2 heterocycles. The number of hydrogen-bond acceptors (Lipinski definition) is 5. The number of nitrogens with zero attached hydrogens (tertiary/aromatic N) is 4. The Morgan fingerprint density at radius 3 is 2.72 bits per heavy atom. The highest BCUT2D eigenvalue weighted by Gasteiger charge is 2.13. The summed E-state index contributed by atoms with van der Waals surface area (Å²) < 4.78 is 0. The minimum atomic E-state index is -1.02. The number of hydrogen-bond donors (Lipinski definition) is 1. The third-order valence-corrected chi connectivity index (χ3v) is 2.44. The average molecular weight is 244 g/mol. The standard InChI is InChI=1S/C12H12N4O2/c1-3-9-8(12(17)18)6-14-11(16-9)10-4-5-13-7(2)15-10/h4-6H,3H2,1-2H3,(H,17,18). The summed E-state index contributed by atoms with van der Waals surface area (Å²) in [6.07, 6.45) is 3.47. The van der Waals surface area contributed by atoms with Crippen LogP contribution < -0.4 is 0 Å². The Kier molecular flexibility index (Phi) is 3.27. The van der Waals surface area contributed by atoms with Gasteiger partial charge in [0.05, 0.1) is 11.3 Å². The fraction of sp³-hybridized carbons (Fsp3) is 0.250. The molecule has 0 saturated heterocycles. The van der Waals surface area contributed by atoms with Crippen LogP contribution in [0.1, 0.15) is 28.8 Å². The average Bonchev–Trinajstić information content (AvgIpc) is 2.37. The number of aryl methyl sites for hydroxylation is 2. The van der Waals surface area contributed by atoms with Crippen LogP contribution in [0, 0.1) is 6.92 Å². The first-order valence-electron chi connectivity index (χ1n) is 5.51. The van der Waals surface area contributed by atoms with Gasteiger partial charge in [0.25, 0.3) is 0 Å². The molecule has 0 atom stereocenters. The summed E-state index contributed by atoms with van der Waals surface area (Å²) in [5.74, 6) is 0.0241. The van der Waals surface area contributed by atoms with Gasteiger partial charge in [0, 0.05) is 12.4 Å². The van der Waals surface area contributed by atoms with Crippen molar-refractivity contribution >= 4 is 5.97 Å². The molecule has 0 fully saturated rings. The van der Waals surface area contributed by atoms with Crippen LogP contribution in [0.5, 0.6) is 0 Å². The second-order valence-corrected chi connectivity index (χ2v) is 3.70. The van der Waals surface area contributed by atoms with Crippen molar-refractivity contribution in [2.45, 2.75) is 20.3 Å². The Morgan fingerprint density at radius 2 is 2.11 bits per heavy atom. The van der Waals surface area contributed by atoms with Crippen LogP contribution in [0.2, 0.25) is 0 Å². The number of carboxylic acid groups (broad SMARTS) is 1. The lowest BCUT2D eigenvalue weighted by Crippen LogP contribution is -2.07. The Morgan fingerprint density at radius 1 is 1.33 bits per heavy atom. The zero-order chi connectivity index (χ0) is 13.1. The first-order valence-corrected chi connectivity index (χ1v) is 5.51. The number of aromatic nitrogens is 4. The molecule has 0 spiro atoms. The van der Waals surface area contributed by atoms with Crippen molar-refractivity contribution in [3.05, 3.63) is 35.5 Å². The summed E-state index contributed by atoms with van der Waals surface area (Å²) in [7, 11) is 0. The van der Waals surface area contributed by atoms with Gasteiger partial charge in [-0.1, -0.05) is 6.92 Å². The molecule has 0 aliphatic carbocycles. The Hall–Kier alpha value is -2.37. The molecule has 6 nitrogen and oxygen atoms in total. The first-order chi connectivity index (χ1) is 8.61. The van der Waals surface area contributed by atoms with E-state index in [1.54, 1.807) is 19.2 Å². The molecular weight excluding hydrogens is 232 g/mol. The smallest absolute Gasteiger partial charge is 0.339 e. The topological polar surface area (TPSA) is 88.9 Å². The van der Waals surface area contributed by atoms with E-state index in [1.807, 2.05) is 6.92 Å². The minimum absolute atomic E-state index is 0.132. The van der Waals surface area contributed by atoms with Gasteiger partial charge in [-0.05, 0) is 19.4 Å². The van der Waals surface area contributed by atoms with Crippen molar-refractivity contribution in [3.8, 4) is 11.5 Å². The van der Waals surface area contributed by atoms with Crippen molar-refractivity contribution in [1.29, 1.82) is 0 Å². The molecule has 0 aliphatic heterocycles. The van der Waals surface area contributed by atoms with E-state index in [9.17, 15) is 4.79 Å². The fourth-order valence-electron chi connectivity index (χ4n) is 1.57. The van der Waals surface area contributed by atoms with Crippen LogP contribution in [0.4, 0.5) is 0 Å². The summed E-state index contributed by atoms with van der Waals surface area (Å²) in [6.45, 7) is 3.62. The van der Waals surface area contributed by atoms with E-state index in [0.29, 0.717) is 29.5 Å². The summed E-state index contributed by atoms with van der Waals surface area (Å²) in [5, 5.41) is 9.00. The monoisotopic (exact) mass is 244 g/mol. The molecule has 6 heteroatoms. The van der Waals surface area contributed by atoms with Crippen LogP contribution in [-0.2, 0) is 6.42 Å². The maximum Gasteiger partial charge on any atom is 0.339 e. The van der Waals surface area contributed by atoms with Crippen LogP contribution in [0.15, 0.2) is 18.5 Å². The molecule has 0 saturated carbocycles. The van der Waals surface area contributed by atoms with Crippen molar-refractivity contribution < 1.29 is 9.90 Å². The molecule has 0 aliphatic rings. The molecule has 1 N–H and O–H groups in total. The molecule has 0 radical (unpaired) electrons. The summed E-state index contributed by atoms with van der Waals surface area (Å²) >= 11 is 0. The van der Waals surface area contributed by atoms with Gasteiger partial charge >= 0.3 is 5.97 Å².